The number of carbonyl (C=O) groups is 3. The fraction of sp³-hybridized carbons (Fsp3) is 0.393. The Kier molecular flexibility index (Phi) is 8.25. The molecule has 0 saturated heterocycles. The normalized spacial score (nSPS) is 18.3. The fourth-order valence-electron chi connectivity index (χ4n) is 5.14. The number of nitrogens with one attached hydrogen (secondary N) is 4. The van der Waals surface area contributed by atoms with E-state index in [2.05, 4.69) is 15.6 Å². The number of hydrogen-bond donors (Lipinski definition) is 6. The van der Waals surface area contributed by atoms with E-state index < -0.39 is 41.8 Å². The van der Waals surface area contributed by atoms with Gasteiger partial charge in [0.1, 0.15) is 6.04 Å². The van der Waals surface area contributed by atoms with Crippen molar-refractivity contribution in [2.75, 3.05) is 0 Å². The third-order valence-corrected chi connectivity index (χ3v) is 6.92. The zero-order valence-electron chi connectivity index (χ0n) is 21.0. The minimum absolute atomic E-state index is 0.119. The Labute approximate surface area is 215 Å². The van der Waals surface area contributed by atoms with E-state index in [0.29, 0.717) is 12.8 Å². The first-order valence-corrected chi connectivity index (χ1v) is 12.6. The van der Waals surface area contributed by atoms with Crippen LogP contribution in [0, 0.1) is 11.8 Å². The SMILES string of the molecule is CC(C)C[C@H](CC(=O)NO)C(=O)N[C@@H](Cc1c[nH]c2ccccc12)C(=O)NC1c2ccccc2C[C@@H]1O. The number of amides is 3. The second-order valence-corrected chi connectivity index (χ2v) is 10.1. The molecule has 2 aromatic carbocycles. The van der Waals surface area contributed by atoms with Crippen molar-refractivity contribution in [1.82, 2.24) is 21.1 Å². The molecular formula is C28H34N4O5. The van der Waals surface area contributed by atoms with E-state index in [9.17, 15) is 19.5 Å². The molecule has 1 unspecified atom stereocenters. The summed E-state index contributed by atoms with van der Waals surface area (Å²) in [5, 5.41) is 26.4. The van der Waals surface area contributed by atoms with Crippen LogP contribution in [0.2, 0.25) is 0 Å². The quantitative estimate of drug-likeness (QED) is 0.185. The van der Waals surface area contributed by atoms with Crippen molar-refractivity contribution in [3.05, 3.63) is 71.4 Å². The maximum absolute atomic E-state index is 13.6. The highest BCUT2D eigenvalue weighted by atomic mass is 16.5. The van der Waals surface area contributed by atoms with Crippen LogP contribution < -0.4 is 16.1 Å². The van der Waals surface area contributed by atoms with Gasteiger partial charge < -0.3 is 20.7 Å². The van der Waals surface area contributed by atoms with Crippen molar-refractivity contribution in [3.63, 3.8) is 0 Å². The number of aromatic amines is 1. The molecule has 0 spiro atoms. The Bertz CT molecular complexity index is 1270. The molecule has 0 saturated carbocycles. The standard InChI is InChI=1S/C28H34N4O5/c1-16(2)11-18(14-25(34)32-37)27(35)30-23(12-19-15-29-22-10-6-5-8-20(19)22)28(36)31-26-21-9-4-3-7-17(21)13-24(26)33/h3-10,15-16,18,23-24,26,29,33,37H,11-14H2,1-2H3,(H,30,35)(H,31,36)(H,32,34)/t18-,23+,24+,26?/m1/s1. The monoisotopic (exact) mass is 506 g/mol. The van der Waals surface area contributed by atoms with Gasteiger partial charge in [-0.25, -0.2) is 5.48 Å². The zero-order chi connectivity index (χ0) is 26.5. The van der Waals surface area contributed by atoms with Gasteiger partial charge in [-0.15, -0.1) is 0 Å². The first-order chi connectivity index (χ1) is 17.8. The average Bonchev–Trinajstić information content (AvgIpc) is 3.43. The van der Waals surface area contributed by atoms with Crippen LogP contribution in [-0.4, -0.2) is 45.2 Å². The molecule has 0 fully saturated rings. The molecule has 6 N–H and O–H groups in total. The molecule has 1 heterocycles. The summed E-state index contributed by atoms with van der Waals surface area (Å²) in [5.74, 6) is -2.13. The highest BCUT2D eigenvalue weighted by Crippen LogP contribution is 2.31. The Hall–Kier alpha value is -3.69. The highest BCUT2D eigenvalue weighted by molar-refractivity contribution is 5.92. The summed E-state index contributed by atoms with van der Waals surface area (Å²) in [5.41, 5.74) is 5.20. The number of hydroxylamine groups is 1. The maximum Gasteiger partial charge on any atom is 0.244 e. The molecule has 9 nitrogen and oxygen atoms in total. The van der Waals surface area contributed by atoms with E-state index in [1.54, 1.807) is 5.48 Å². The smallest absolute Gasteiger partial charge is 0.244 e. The molecule has 1 aromatic heterocycles. The number of H-pyrrole nitrogens is 1. The molecule has 1 aliphatic carbocycles. The largest absolute Gasteiger partial charge is 0.390 e. The summed E-state index contributed by atoms with van der Waals surface area (Å²) in [6.45, 7) is 3.87. The van der Waals surface area contributed by atoms with Gasteiger partial charge in [0.25, 0.3) is 0 Å². The second-order valence-electron chi connectivity index (χ2n) is 10.1. The fourth-order valence-corrected chi connectivity index (χ4v) is 5.14. The van der Waals surface area contributed by atoms with Gasteiger partial charge in [-0.05, 0) is 35.1 Å². The summed E-state index contributed by atoms with van der Waals surface area (Å²) >= 11 is 0. The number of carbonyl (C=O) groups excluding carboxylic acids is 3. The van der Waals surface area contributed by atoms with Crippen molar-refractivity contribution in [2.24, 2.45) is 11.8 Å². The summed E-state index contributed by atoms with van der Waals surface area (Å²) in [7, 11) is 0. The van der Waals surface area contributed by atoms with Gasteiger partial charge in [-0.1, -0.05) is 56.3 Å². The van der Waals surface area contributed by atoms with Gasteiger partial charge in [0.2, 0.25) is 17.7 Å². The van der Waals surface area contributed by atoms with E-state index >= 15 is 0 Å². The number of benzene rings is 2. The number of aromatic nitrogens is 1. The maximum atomic E-state index is 13.6. The predicted molar refractivity (Wildman–Crippen MR) is 138 cm³/mol. The van der Waals surface area contributed by atoms with Gasteiger partial charge in [0.05, 0.1) is 12.1 Å². The van der Waals surface area contributed by atoms with Crippen molar-refractivity contribution >= 4 is 28.6 Å². The molecule has 9 heteroatoms. The van der Waals surface area contributed by atoms with Crippen molar-refractivity contribution < 1.29 is 24.7 Å². The van der Waals surface area contributed by atoms with Gasteiger partial charge in [0, 0.05) is 42.3 Å². The summed E-state index contributed by atoms with van der Waals surface area (Å²) in [4.78, 5) is 42.0. The number of rotatable bonds is 10. The number of para-hydroxylation sites is 1. The highest BCUT2D eigenvalue weighted by Gasteiger charge is 2.35. The lowest BCUT2D eigenvalue weighted by Gasteiger charge is -2.25. The Balaban J connectivity index is 1.59. The molecule has 0 aliphatic heterocycles. The Morgan fingerprint density at radius 3 is 2.54 bits per heavy atom. The lowest BCUT2D eigenvalue weighted by atomic mass is 9.92. The lowest BCUT2D eigenvalue weighted by molar-refractivity contribution is -0.136. The van der Waals surface area contributed by atoms with E-state index in [1.165, 1.54) is 0 Å². The number of hydrogen-bond acceptors (Lipinski definition) is 5. The predicted octanol–water partition coefficient (Wildman–Crippen LogP) is 2.53. The first kappa shape index (κ1) is 26.4. The van der Waals surface area contributed by atoms with Gasteiger partial charge >= 0.3 is 0 Å². The van der Waals surface area contributed by atoms with Crippen molar-refractivity contribution in [3.8, 4) is 0 Å². The van der Waals surface area contributed by atoms with E-state index in [-0.39, 0.29) is 18.8 Å². The van der Waals surface area contributed by atoms with Crippen LogP contribution in [0.15, 0.2) is 54.7 Å². The molecule has 0 bridgehead atoms. The van der Waals surface area contributed by atoms with E-state index in [1.807, 2.05) is 68.6 Å². The Morgan fingerprint density at radius 2 is 1.78 bits per heavy atom. The van der Waals surface area contributed by atoms with Crippen molar-refractivity contribution in [2.45, 2.75) is 57.7 Å². The van der Waals surface area contributed by atoms with Crippen LogP contribution in [0.4, 0.5) is 0 Å². The van der Waals surface area contributed by atoms with Crippen LogP contribution >= 0.6 is 0 Å². The van der Waals surface area contributed by atoms with Crippen molar-refractivity contribution in [1.29, 1.82) is 0 Å². The molecule has 4 rings (SSSR count). The van der Waals surface area contributed by atoms with E-state index in [4.69, 9.17) is 5.21 Å². The second kappa shape index (κ2) is 11.6. The van der Waals surface area contributed by atoms with Crippen LogP contribution in [0.25, 0.3) is 10.9 Å². The summed E-state index contributed by atoms with van der Waals surface area (Å²) in [6.07, 6.45) is 1.92. The minimum atomic E-state index is -0.946. The van der Waals surface area contributed by atoms with E-state index in [0.717, 1.165) is 27.6 Å². The number of aliphatic hydroxyl groups excluding tert-OH is 1. The van der Waals surface area contributed by atoms with Crippen LogP contribution in [0.3, 0.4) is 0 Å². The minimum Gasteiger partial charge on any atom is -0.390 e. The first-order valence-electron chi connectivity index (χ1n) is 12.6. The molecule has 1 aliphatic rings. The average molecular weight is 507 g/mol. The number of aliphatic hydroxyl groups is 1. The third kappa shape index (κ3) is 6.18. The van der Waals surface area contributed by atoms with Gasteiger partial charge in [0.15, 0.2) is 0 Å². The lowest BCUT2D eigenvalue weighted by Crippen LogP contribution is -2.51. The van der Waals surface area contributed by atoms with Gasteiger partial charge in [-0.3, -0.25) is 19.6 Å². The molecule has 37 heavy (non-hydrogen) atoms. The molecule has 3 amide bonds. The molecule has 4 atom stereocenters. The van der Waals surface area contributed by atoms with Crippen LogP contribution in [0.1, 0.15) is 49.4 Å². The van der Waals surface area contributed by atoms with Gasteiger partial charge in [-0.2, -0.15) is 0 Å². The Morgan fingerprint density at radius 1 is 1.05 bits per heavy atom. The third-order valence-electron chi connectivity index (χ3n) is 6.92. The molecule has 3 aromatic rings. The molecular weight excluding hydrogens is 472 g/mol. The zero-order valence-corrected chi connectivity index (χ0v) is 21.0. The molecule has 196 valence electrons. The van der Waals surface area contributed by atoms with Crippen LogP contribution in [-0.2, 0) is 27.2 Å². The molecule has 0 radical (unpaired) electrons. The number of fused-ring (bicyclic) bond motifs is 2. The van der Waals surface area contributed by atoms with Crippen LogP contribution in [0.5, 0.6) is 0 Å². The topological polar surface area (TPSA) is 144 Å². The summed E-state index contributed by atoms with van der Waals surface area (Å²) in [6, 6.07) is 13.7. The summed E-state index contributed by atoms with van der Waals surface area (Å²) < 4.78 is 0.